The molecule has 0 spiro atoms. The highest BCUT2D eigenvalue weighted by Crippen LogP contribution is 2.25. The summed E-state index contributed by atoms with van der Waals surface area (Å²) in [5, 5.41) is 16.4. The summed E-state index contributed by atoms with van der Waals surface area (Å²) >= 11 is 0. The van der Waals surface area contributed by atoms with E-state index in [2.05, 4.69) is 25.6 Å². The van der Waals surface area contributed by atoms with Crippen molar-refractivity contribution in [2.24, 2.45) is 0 Å². The van der Waals surface area contributed by atoms with Crippen LogP contribution in [0.4, 0.5) is 11.9 Å². The van der Waals surface area contributed by atoms with E-state index in [1.54, 1.807) is 7.05 Å². The first-order valence-corrected chi connectivity index (χ1v) is 7.22. The standard InChI is InChI=1S/C13H23N5O3/c1-4-6-21-12-17-10(14-3)16-11(18-12)15-8-13(19)5-7-20-9(13)2/h9,19H,4-8H2,1-3H3,(H2,14,15,16,17,18). The number of aromatic nitrogens is 3. The van der Waals surface area contributed by atoms with Crippen LogP contribution in [0.5, 0.6) is 6.01 Å². The molecule has 1 aliphatic heterocycles. The van der Waals surface area contributed by atoms with Crippen molar-refractivity contribution >= 4 is 11.9 Å². The number of hydrogen-bond acceptors (Lipinski definition) is 8. The lowest BCUT2D eigenvalue weighted by atomic mass is 9.97. The molecule has 2 atom stereocenters. The van der Waals surface area contributed by atoms with Gasteiger partial charge >= 0.3 is 6.01 Å². The van der Waals surface area contributed by atoms with Crippen LogP contribution in [0.25, 0.3) is 0 Å². The minimum absolute atomic E-state index is 0.216. The molecule has 1 fully saturated rings. The van der Waals surface area contributed by atoms with Crippen LogP contribution in [0, 0.1) is 0 Å². The third-order valence-corrected chi connectivity index (χ3v) is 3.49. The van der Waals surface area contributed by atoms with Crippen LogP contribution in [0.1, 0.15) is 26.7 Å². The molecule has 2 heterocycles. The van der Waals surface area contributed by atoms with E-state index in [4.69, 9.17) is 9.47 Å². The molecule has 3 N–H and O–H groups in total. The number of nitrogens with one attached hydrogen (secondary N) is 2. The fraction of sp³-hybridized carbons (Fsp3) is 0.769. The van der Waals surface area contributed by atoms with Gasteiger partial charge in [0.1, 0.15) is 5.60 Å². The zero-order valence-electron chi connectivity index (χ0n) is 12.7. The molecule has 8 nitrogen and oxygen atoms in total. The van der Waals surface area contributed by atoms with Gasteiger partial charge in [0.05, 0.1) is 12.7 Å². The van der Waals surface area contributed by atoms with Crippen LogP contribution in [0.2, 0.25) is 0 Å². The molecule has 1 aromatic rings. The fourth-order valence-corrected chi connectivity index (χ4v) is 2.04. The van der Waals surface area contributed by atoms with E-state index in [9.17, 15) is 5.11 Å². The highest BCUT2D eigenvalue weighted by molar-refractivity contribution is 5.35. The Balaban J connectivity index is 2.04. The summed E-state index contributed by atoms with van der Waals surface area (Å²) in [5.41, 5.74) is -0.906. The average Bonchev–Trinajstić information content (AvgIpc) is 2.83. The summed E-state index contributed by atoms with van der Waals surface area (Å²) in [6.45, 7) is 5.28. The van der Waals surface area contributed by atoms with Crippen molar-refractivity contribution in [3.05, 3.63) is 0 Å². The molecule has 0 aliphatic carbocycles. The van der Waals surface area contributed by atoms with Crippen LogP contribution in [0.3, 0.4) is 0 Å². The number of rotatable bonds is 7. The summed E-state index contributed by atoms with van der Waals surface area (Å²) in [6.07, 6.45) is 1.24. The fourth-order valence-electron chi connectivity index (χ4n) is 2.04. The Hall–Kier alpha value is -1.67. The number of nitrogens with zero attached hydrogens (tertiary/aromatic N) is 3. The molecule has 1 saturated heterocycles. The van der Waals surface area contributed by atoms with Crippen molar-refractivity contribution in [3.8, 4) is 6.01 Å². The Morgan fingerprint density at radius 1 is 1.38 bits per heavy atom. The third kappa shape index (κ3) is 3.92. The number of aliphatic hydroxyl groups is 1. The Morgan fingerprint density at radius 2 is 2.14 bits per heavy atom. The van der Waals surface area contributed by atoms with Crippen LogP contribution < -0.4 is 15.4 Å². The summed E-state index contributed by atoms with van der Waals surface area (Å²) in [7, 11) is 1.73. The number of ether oxygens (including phenoxy) is 2. The Kier molecular flexibility index (Phi) is 5.13. The van der Waals surface area contributed by atoms with Gasteiger partial charge in [0.25, 0.3) is 0 Å². The van der Waals surface area contributed by atoms with Crippen molar-refractivity contribution in [1.82, 2.24) is 15.0 Å². The first-order chi connectivity index (χ1) is 10.1. The van der Waals surface area contributed by atoms with Gasteiger partial charge < -0.3 is 25.2 Å². The Labute approximate surface area is 124 Å². The van der Waals surface area contributed by atoms with Gasteiger partial charge in [-0.15, -0.1) is 0 Å². The summed E-state index contributed by atoms with van der Waals surface area (Å²) in [6, 6.07) is 0.265. The molecular formula is C13H23N5O3. The van der Waals surface area contributed by atoms with E-state index < -0.39 is 5.60 Å². The van der Waals surface area contributed by atoms with Gasteiger partial charge in [-0.25, -0.2) is 0 Å². The Bertz CT molecular complexity index is 473. The zero-order chi connectivity index (χ0) is 15.3. The van der Waals surface area contributed by atoms with Crippen LogP contribution in [-0.4, -0.2) is 58.6 Å². The summed E-state index contributed by atoms with van der Waals surface area (Å²) in [5.74, 6) is 0.786. The molecule has 0 saturated carbocycles. The maximum absolute atomic E-state index is 10.5. The van der Waals surface area contributed by atoms with Gasteiger partial charge in [-0.1, -0.05) is 6.92 Å². The summed E-state index contributed by atoms with van der Waals surface area (Å²) in [4.78, 5) is 12.5. The minimum atomic E-state index is -0.906. The quantitative estimate of drug-likeness (QED) is 0.674. The molecule has 1 aliphatic rings. The second kappa shape index (κ2) is 6.86. The molecule has 0 radical (unpaired) electrons. The van der Waals surface area contributed by atoms with Crippen molar-refractivity contribution in [2.75, 3.05) is 37.4 Å². The molecule has 1 aromatic heterocycles. The first kappa shape index (κ1) is 15.7. The Morgan fingerprint density at radius 3 is 2.76 bits per heavy atom. The lowest BCUT2D eigenvalue weighted by Crippen LogP contribution is -2.43. The second-order valence-electron chi connectivity index (χ2n) is 5.08. The molecule has 0 aromatic carbocycles. The van der Waals surface area contributed by atoms with Crippen LogP contribution in [-0.2, 0) is 4.74 Å². The first-order valence-electron chi connectivity index (χ1n) is 7.22. The number of hydrogen-bond donors (Lipinski definition) is 3. The SMILES string of the molecule is CCCOc1nc(NC)nc(NCC2(O)CCOC2C)n1. The van der Waals surface area contributed by atoms with Crippen molar-refractivity contribution in [1.29, 1.82) is 0 Å². The smallest absolute Gasteiger partial charge is 0.323 e. The van der Waals surface area contributed by atoms with Crippen molar-refractivity contribution < 1.29 is 14.6 Å². The van der Waals surface area contributed by atoms with E-state index in [1.807, 2.05) is 13.8 Å². The van der Waals surface area contributed by atoms with Gasteiger partial charge in [-0.3, -0.25) is 0 Å². The predicted molar refractivity (Wildman–Crippen MR) is 78.6 cm³/mol. The highest BCUT2D eigenvalue weighted by atomic mass is 16.5. The molecule has 21 heavy (non-hydrogen) atoms. The average molecular weight is 297 g/mol. The van der Waals surface area contributed by atoms with Gasteiger partial charge in [-0.05, 0) is 13.3 Å². The monoisotopic (exact) mass is 297 g/mol. The van der Waals surface area contributed by atoms with Gasteiger partial charge in [0.15, 0.2) is 0 Å². The molecule has 118 valence electrons. The molecule has 2 unspecified atom stereocenters. The molecule has 0 amide bonds. The summed E-state index contributed by atoms with van der Waals surface area (Å²) < 4.78 is 10.8. The maximum atomic E-state index is 10.5. The minimum Gasteiger partial charge on any atom is -0.463 e. The highest BCUT2D eigenvalue weighted by Gasteiger charge is 2.39. The lowest BCUT2D eigenvalue weighted by Gasteiger charge is -2.26. The third-order valence-electron chi connectivity index (χ3n) is 3.49. The van der Waals surface area contributed by atoms with E-state index >= 15 is 0 Å². The molecular weight excluding hydrogens is 274 g/mol. The van der Waals surface area contributed by atoms with E-state index in [0.29, 0.717) is 38.1 Å². The van der Waals surface area contributed by atoms with Crippen LogP contribution >= 0.6 is 0 Å². The topological polar surface area (TPSA) is 101 Å². The zero-order valence-corrected chi connectivity index (χ0v) is 12.7. The van der Waals surface area contributed by atoms with Gasteiger partial charge in [0.2, 0.25) is 11.9 Å². The van der Waals surface area contributed by atoms with Gasteiger partial charge in [0, 0.05) is 26.6 Å². The lowest BCUT2D eigenvalue weighted by molar-refractivity contribution is -0.0177. The predicted octanol–water partition coefficient (Wildman–Crippen LogP) is 0.654. The van der Waals surface area contributed by atoms with Gasteiger partial charge in [-0.2, -0.15) is 15.0 Å². The number of anilines is 2. The molecule has 8 heteroatoms. The van der Waals surface area contributed by atoms with Crippen LogP contribution in [0.15, 0.2) is 0 Å². The second-order valence-corrected chi connectivity index (χ2v) is 5.08. The normalized spacial score (nSPS) is 24.9. The maximum Gasteiger partial charge on any atom is 0.323 e. The molecule has 2 rings (SSSR count). The van der Waals surface area contributed by atoms with E-state index in [1.165, 1.54) is 0 Å². The van der Waals surface area contributed by atoms with E-state index in [-0.39, 0.29) is 12.1 Å². The van der Waals surface area contributed by atoms with Crippen molar-refractivity contribution in [2.45, 2.75) is 38.4 Å². The molecule has 0 bridgehead atoms. The largest absolute Gasteiger partial charge is 0.463 e. The van der Waals surface area contributed by atoms with Crippen molar-refractivity contribution in [3.63, 3.8) is 0 Å². The van der Waals surface area contributed by atoms with E-state index in [0.717, 1.165) is 6.42 Å².